The molecule has 1 N–H and O–H groups in total. The van der Waals surface area contributed by atoms with Crippen LogP contribution in [0.4, 0.5) is 0 Å². The molecule has 7 heteroatoms. The molecule has 0 spiro atoms. The van der Waals surface area contributed by atoms with Crippen molar-refractivity contribution in [2.75, 3.05) is 33.3 Å². The van der Waals surface area contributed by atoms with Crippen LogP contribution in [0.1, 0.15) is 76.1 Å². The first kappa shape index (κ1) is 26.7. The van der Waals surface area contributed by atoms with Gasteiger partial charge in [0.25, 0.3) is 5.91 Å². The molecule has 0 aliphatic carbocycles. The predicted molar refractivity (Wildman–Crippen MR) is 130 cm³/mol. The lowest BCUT2D eigenvalue weighted by Crippen LogP contribution is -2.57. The molecule has 1 aliphatic rings. The Hall–Kier alpha value is -2.57. The monoisotopic (exact) mass is 459 g/mol. The average molecular weight is 460 g/mol. The van der Waals surface area contributed by atoms with Gasteiger partial charge in [0.2, 0.25) is 11.8 Å². The van der Waals surface area contributed by atoms with Crippen LogP contribution in [-0.4, -0.2) is 66.9 Å². The molecule has 184 valence electrons. The summed E-state index contributed by atoms with van der Waals surface area (Å²) in [6.45, 7) is 8.30. The average Bonchev–Trinajstić information content (AvgIpc) is 2.86. The van der Waals surface area contributed by atoms with Crippen LogP contribution in [0.25, 0.3) is 0 Å². The molecular formula is C26H41N3O4. The summed E-state index contributed by atoms with van der Waals surface area (Å²) in [4.78, 5) is 42.3. The summed E-state index contributed by atoms with van der Waals surface area (Å²) in [6.07, 6.45) is 7.00. The summed E-state index contributed by atoms with van der Waals surface area (Å²) < 4.78 is 5.15. The first-order chi connectivity index (χ1) is 15.9. The molecule has 2 atom stereocenters. The molecule has 0 radical (unpaired) electrons. The summed E-state index contributed by atoms with van der Waals surface area (Å²) in [5.41, 5.74) is 0.492. The van der Waals surface area contributed by atoms with Gasteiger partial charge in [-0.1, -0.05) is 52.9 Å². The van der Waals surface area contributed by atoms with Crippen LogP contribution in [0.3, 0.4) is 0 Å². The Morgan fingerprint density at radius 2 is 1.55 bits per heavy atom. The van der Waals surface area contributed by atoms with E-state index in [-0.39, 0.29) is 23.6 Å². The van der Waals surface area contributed by atoms with E-state index in [0.717, 1.165) is 19.3 Å². The molecule has 2 rings (SSSR count). The third kappa shape index (κ3) is 8.06. The zero-order chi connectivity index (χ0) is 24.2. The van der Waals surface area contributed by atoms with Gasteiger partial charge in [0, 0.05) is 38.2 Å². The van der Waals surface area contributed by atoms with E-state index in [1.807, 2.05) is 18.7 Å². The smallest absolute Gasteiger partial charge is 0.251 e. The highest BCUT2D eigenvalue weighted by Crippen LogP contribution is 2.16. The van der Waals surface area contributed by atoms with Crippen molar-refractivity contribution < 1.29 is 19.1 Å². The Bertz CT molecular complexity index is 757. The Labute approximate surface area is 198 Å². The summed E-state index contributed by atoms with van der Waals surface area (Å²) in [7, 11) is 1.58. The lowest BCUT2D eigenvalue weighted by molar-refractivity contribution is -0.141. The molecule has 1 heterocycles. The van der Waals surface area contributed by atoms with Crippen LogP contribution in [0.15, 0.2) is 24.3 Å². The molecule has 3 amide bonds. The minimum atomic E-state index is -0.592. The standard InChI is InChI=1S/C26H41N3O4/c1-5-7-8-9-10-11-23(30)28-16-18-29(19-17-28)26(32)24(20(3)6-2)27-25(31)21-12-14-22(33-4)15-13-21/h12-15,20,24H,5-11,16-19H2,1-4H3,(H,27,31)/t20-,24+/m1/s1. The molecule has 0 aromatic heterocycles. The lowest BCUT2D eigenvalue weighted by Gasteiger charge is -2.37. The fraction of sp³-hybridized carbons (Fsp3) is 0.654. The Kier molecular flexibility index (Phi) is 11.2. The zero-order valence-electron chi connectivity index (χ0n) is 20.8. The molecule has 0 saturated carbocycles. The molecule has 7 nitrogen and oxygen atoms in total. The third-order valence-electron chi connectivity index (χ3n) is 6.56. The van der Waals surface area contributed by atoms with Crippen molar-refractivity contribution in [3.63, 3.8) is 0 Å². The predicted octanol–water partition coefficient (Wildman–Crippen LogP) is 3.87. The van der Waals surface area contributed by atoms with Crippen molar-refractivity contribution in [1.29, 1.82) is 0 Å². The summed E-state index contributed by atoms with van der Waals surface area (Å²) in [5.74, 6) is 0.521. The van der Waals surface area contributed by atoms with Crippen LogP contribution < -0.4 is 10.1 Å². The normalized spacial score (nSPS) is 15.6. The van der Waals surface area contributed by atoms with Gasteiger partial charge in [-0.05, 0) is 36.6 Å². The van der Waals surface area contributed by atoms with Crippen LogP contribution in [0, 0.1) is 5.92 Å². The van der Waals surface area contributed by atoms with E-state index in [9.17, 15) is 14.4 Å². The largest absolute Gasteiger partial charge is 0.497 e. The lowest BCUT2D eigenvalue weighted by atomic mass is 9.97. The number of piperazine rings is 1. The number of methoxy groups -OCH3 is 1. The minimum absolute atomic E-state index is 0.00230. The van der Waals surface area contributed by atoms with Gasteiger partial charge in [0.05, 0.1) is 7.11 Å². The topological polar surface area (TPSA) is 79.0 Å². The van der Waals surface area contributed by atoms with E-state index in [4.69, 9.17) is 4.74 Å². The van der Waals surface area contributed by atoms with E-state index < -0.39 is 6.04 Å². The molecule has 1 saturated heterocycles. The number of rotatable bonds is 12. The fourth-order valence-electron chi connectivity index (χ4n) is 4.06. The molecule has 1 aromatic rings. The van der Waals surface area contributed by atoms with Gasteiger partial charge >= 0.3 is 0 Å². The Morgan fingerprint density at radius 1 is 0.939 bits per heavy atom. The number of benzene rings is 1. The highest BCUT2D eigenvalue weighted by Gasteiger charge is 2.32. The van der Waals surface area contributed by atoms with Gasteiger partial charge < -0.3 is 19.9 Å². The molecular weight excluding hydrogens is 418 g/mol. The van der Waals surface area contributed by atoms with Crippen LogP contribution in [0.5, 0.6) is 5.75 Å². The number of carbonyl (C=O) groups is 3. The highest BCUT2D eigenvalue weighted by atomic mass is 16.5. The number of amides is 3. The van der Waals surface area contributed by atoms with Crippen molar-refractivity contribution in [3.05, 3.63) is 29.8 Å². The van der Waals surface area contributed by atoms with Crippen molar-refractivity contribution in [2.45, 2.75) is 71.8 Å². The van der Waals surface area contributed by atoms with Crippen molar-refractivity contribution in [1.82, 2.24) is 15.1 Å². The minimum Gasteiger partial charge on any atom is -0.497 e. The SMILES string of the molecule is CCCCCCCC(=O)N1CCN(C(=O)[C@@H](NC(=O)c2ccc(OC)cc2)[C@H](C)CC)CC1. The highest BCUT2D eigenvalue weighted by molar-refractivity contribution is 5.97. The molecule has 1 aliphatic heterocycles. The second-order valence-corrected chi connectivity index (χ2v) is 8.94. The summed E-state index contributed by atoms with van der Waals surface area (Å²) >= 11 is 0. The molecule has 1 aromatic carbocycles. The fourth-order valence-corrected chi connectivity index (χ4v) is 4.06. The van der Waals surface area contributed by atoms with Gasteiger partial charge in [-0.25, -0.2) is 0 Å². The maximum absolute atomic E-state index is 13.3. The molecule has 0 bridgehead atoms. The van der Waals surface area contributed by atoms with Crippen molar-refractivity contribution in [2.24, 2.45) is 5.92 Å². The molecule has 0 unspecified atom stereocenters. The summed E-state index contributed by atoms with van der Waals surface area (Å²) in [6, 6.07) is 6.26. The van der Waals surface area contributed by atoms with E-state index in [0.29, 0.717) is 43.9 Å². The number of nitrogens with zero attached hydrogens (tertiary/aromatic N) is 2. The van der Waals surface area contributed by atoms with Gasteiger partial charge in [-0.2, -0.15) is 0 Å². The first-order valence-corrected chi connectivity index (χ1v) is 12.4. The zero-order valence-corrected chi connectivity index (χ0v) is 20.8. The van der Waals surface area contributed by atoms with Crippen molar-refractivity contribution >= 4 is 17.7 Å². The third-order valence-corrected chi connectivity index (χ3v) is 6.56. The Morgan fingerprint density at radius 3 is 2.12 bits per heavy atom. The number of unbranched alkanes of at least 4 members (excludes halogenated alkanes) is 4. The van der Waals surface area contributed by atoms with E-state index >= 15 is 0 Å². The van der Waals surface area contributed by atoms with Crippen LogP contribution in [0.2, 0.25) is 0 Å². The maximum atomic E-state index is 13.3. The molecule has 1 fully saturated rings. The van der Waals surface area contributed by atoms with Gasteiger partial charge in [0.1, 0.15) is 11.8 Å². The number of nitrogens with one attached hydrogen (secondary N) is 1. The number of hydrogen-bond donors (Lipinski definition) is 1. The van der Waals surface area contributed by atoms with Crippen LogP contribution in [-0.2, 0) is 9.59 Å². The number of ether oxygens (including phenoxy) is 1. The van der Waals surface area contributed by atoms with E-state index in [1.54, 1.807) is 36.3 Å². The Balaban J connectivity index is 1.90. The van der Waals surface area contributed by atoms with Crippen molar-refractivity contribution in [3.8, 4) is 5.75 Å². The van der Waals surface area contributed by atoms with Gasteiger partial charge in [-0.15, -0.1) is 0 Å². The maximum Gasteiger partial charge on any atom is 0.251 e. The van der Waals surface area contributed by atoms with E-state index in [2.05, 4.69) is 12.2 Å². The van der Waals surface area contributed by atoms with Crippen LogP contribution >= 0.6 is 0 Å². The van der Waals surface area contributed by atoms with Gasteiger partial charge in [0.15, 0.2) is 0 Å². The second kappa shape index (κ2) is 13.9. The van der Waals surface area contributed by atoms with E-state index in [1.165, 1.54) is 19.3 Å². The van der Waals surface area contributed by atoms with Gasteiger partial charge in [-0.3, -0.25) is 14.4 Å². The summed E-state index contributed by atoms with van der Waals surface area (Å²) in [5, 5.41) is 2.95. The second-order valence-electron chi connectivity index (χ2n) is 8.94. The number of hydrogen-bond acceptors (Lipinski definition) is 4. The molecule has 33 heavy (non-hydrogen) atoms. The first-order valence-electron chi connectivity index (χ1n) is 12.4. The number of carbonyl (C=O) groups excluding carboxylic acids is 3. The quantitative estimate of drug-likeness (QED) is 0.481.